The van der Waals surface area contributed by atoms with E-state index in [0.29, 0.717) is 13.0 Å². The number of aromatic hydroxyl groups is 1. The normalized spacial score (nSPS) is 16.5. The molecule has 2 N–H and O–H groups in total. The summed E-state index contributed by atoms with van der Waals surface area (Å²) < 4.78 is 1.49. The summed E-state index contributed by atoms with van der Waals surface area (Å²) in [5.41, 5.74) is 0.175. The van der Waals surface area contributed by atoms with Crippen LogP contribution in [0.3, 0.4) is 0 Å². The Labute approximate surface area is 191 Å². The first-order chi connectivity index (χ1) is 15.8. The fourth-order valence-electron chi connectivity index (χ4n) is 4.58. The van der Waals surface area contributed by atoms with Crippen LogP contribution in [-0.2, 0) is 0 Å². The minimum Gasteiger partial charge on any atom is -0.503 e. The van der Waals surface area contributed by atoms with Gasteiger partial charge < -0.3 is 19.7 Å². The van der Waals surface area contributed by atoms with Crippen LogP contribution in [0.15, 0.2) is 71.7 Å². The van der Waals surface area contributed by atoms with E-state index in [1.54, 1.807) is 4.90 Å². The van der Waals surface area contributed by atoms with E-state index in [0.717, 1.165) is 11.1 Å². The number of carbonyl (C=O) groups excluding carboxylic acids is 1. The zero-order chi connectivity index (χ0) is 23.7. The Morgan fingerprint density at radius 2 is 1.58 bits per heavy atom. The van der Waals surface area contributed by atoms with Crippen molar-refractivity contribution in [3.63, 3.8) is 0 Å². The first kappa shape index (κ1) is 22.3. The van der Waals surface area contributed by atoms with Crippen LogP contribution in [0.5, 0.6) is 5.75 Å². The minimum absolute atomic E-state index is 0.130. The van der Waals surface area contributed by atoms with Crippen molar-refractivity contribution in [1.82, 2.24) is 9.47 Å². The minimum atomic E-state index is -1.45. The first-order valence-electron chi connectivity index (χ1n) is 11.0. The second kappa shape index (κ2) is 8.94. The maximum atomic E-state index is 13.4. The molecule has 7 heteroatoms. The standard InChI is InChI=1S/C26H26N2O5/c1-3-16(2)27-15-20(21(17-10-6-4-7-11-17)18-12-8-5-9-13-18)28-14-19(26(32)33)23(29)24(30)22(28)25(27)31/h4-14,16,20-21,30H,3,15H2,1-2H3,(H,32,33)/t16?,20-/m1/s1. The van der Waals surface area contributed by atoms with E-state index in [1.807, 2.05) is 74.5 Å². The van der Waals surface area contributed by atoms with E-state index >= 15 is 0 Å². The third kappa shape index (κ3) is 3.91. The van der Waals surface area contributed by atoms with Crippen LogP contribution < -0.4 is 5.43 Å². The van der Waals surface area contributed by atoms with E-state index in [1.165, 1.54) is 10.8 Å². The second-order valence-electron chi connectivity index (χ2n) is 8.36. The monoisotopic (exact) mass is 446 g/mol. The van der Waals surface area contributed by atoms with Gasteiger partial charge in [-0.1, -0.05) is 67.6 Å². The highest BCUT2D eigenvalue weighted by Gasteiger charge is 2.40. The lowest BCUT2D eigenvalue weighted by atomic mass is 9.83. The Hall–Kier alpha value is -3.87. The maximum absolute atomic E-state index is 13.4. The van der Waals surface area contributed by atoms with Gasteiger partial charge in [0.2, 0.25) is 5.43 Å². The SMILES string of the molecule is CCC(C)N1C[C@H](C(c2ccccc2)c2ccccc2)n2cc(C(=O)O)c(=O)c(O)c2C1=O. The molecule has 0 spiro atoms. The zero-order valence-electron chi connectivity index (χ0n) is 18.5. The molecular weight excluding hydrogens is 420 g/mol. The fraction of sp³-hybridized carbons (Fsp3) is 0.269. The van der Waals surface area contributed by atoms with Crippen LogP contribution in [0.4, 0.5) is 0 Å². The molecular formula is C26H26N2O5. The Morgan fingerprint density at radius 1 is 1.03 bits per heavy atom. The van der Waals surface area contributed by atoms with Crippen molar-refractivity contribution in [2.24, 2.45) is 0 Å². The van der Waals surface area contributed by atoms with E-state index in [9.17, 15) is 24.6 Å². The number of rotatable bonds is 6. The summed E-state index contributed by atoms with van der Waals surface area (Å²) in [6.07, 6.45) is 1.90. The predicted molar refractivity (Wildman–Crippen MR) is 124 cm³/mol. The van der Waals surface area contributed by atoms with Gasteiger partial charge in [0.05, 0.1) is 6.04 Å². The first-order valence-corrected chi connectivity index (χ1v) is 11.0. The summed E-state index contributed by atoms with van der Waals surface area (Å²) in [7, 11) is 0. The van der Waals surface area contributed by atoms with E-state index < -0.39 is 34.7 Å². The number of carboxylic acid groups (broad SMARTS) is 1. The molecule has 1 amide bonds. The molecule has 170 valence electrons. The number of aromatic carboxylic acids is 1. The zero-order valence-corrected chi connectivity index (χ0v) is 18.5. The molecule has 0 fully saturated rings. The van der Waals surface area contributed by atoms with Crippen molar-refractivity contribution in [3.8, 4) is 5.75 Å². The van der Waals surface area contributed by atoms with E-state index in [2.05, 4.69) is 0 Å². The molecule has 0 saturated heterocycles. The molecule has 1 aromatic heterocycles. The number of hydrogen-bond acceptors (Lipinski definition) is 4. The number of hydrogen-bond donors (Lipinski definition) is 2. The number of carboxylic acids is 1. The number of carbonyl (C=O) groups is 2. The largest absolute Gasteiger partial charge is 0.503 e. The summed E-state index contributed by atoms with van der Waals surface area (Å²) >= 11 is 0. The van der Waals surface area contributed by atoms with Crippen molar-refractivity contribution in [1.29, 1.82) is 0 Å². The fourth-order valence-corrected chi connectivity index (χ4v) is 4.58. The third-order valence-electron chi connectivity index (χ3n) is 6.47. The number of fused-ring (bicyclic) bond motifs is 1. The van der Waals surface area contributed by atoms with Crippen LogP contribution >= 0.6 is 0 Å². The van der Waals surface area contributed by atoms with Gasteiger partial charge in [0.25, 0.3) is 5.91 Å². The van der Waals surface area contributed by atoms with Crippen molar-refractivity contribution >= 4 is 11.9 Å². The van der Waals surface area contributed by atoms with Crippen LogP contribution in [0.1, 0.15) is 64.2 Å². The van der Waals surface area contributed by atoms with Crippen LogP contribution in [0, 0.1) is 0 Å². The lowest BCUT2D eigenvalue weighted by Gasteiger charge is -2.42. The predicted octanol–water partition coefficient (Wildman–Crippen LogP) is 3.88. The number of nitrogens with zero attached hydrogens (tertiary/aromatic N) is 2. The lowest BCUT2D eigenvalue weighted by molar-refractivity contribution is 0.0560. The second-order valence-corrected chi connectivity index (χ2v) is 8.36. The van der Waals surface area contributed by atoms with Crippen molar-refractivity contribution in [2.75, 3.05) is 6.54 Å². The molecule has 4 rings (SSSR count). The molecule has 2 heterocycles. The Morgan fingerprint density at radius 3 is 2.06 bits per heavy atom. The smallest absolute Gasteiger partial charge is 0.341 e. The third-order valence-corrected chi connectivity index (χ3v) is 6.47. The van der Waals surface area contributed by atoms with Gasteiger partial charge in [0, 0.05) is 24.7 Å². The highest BCUT2D eigenvalue weighted by molar-refractivity contribution is 5.97. The summed E-state index contributed by atoms with van der Waals surface area (Å²) in [6.45, 7) is 4.19. The molecule has 2 atom stereocenters. The van der Waals surface area contributed by atoms with E-state index in [4.69, 9.17) is 0 Å². The summed E-state index contributed by atoms with van der Waals surface area (Å²) in [6, 6.07) is 18.9. The topological polar surface area (TPSA) is 99.8 Å². The van der Waals surface area contributed by atoms with E-state index in [-0.39, 0.29) is 17.7 Å². The van der Waals surface area contributed by atoms with Crippen LogP contribution in [0.25, 0.3) is 0 Å². The van der Waals surface area contributed by atoms with Crippen molar-refractivity contribution in [3.05, 3.63) is 99.5 Å². The quantitative estimate of drug-likeness (QED) is 0.599. The van der Waals surface area contributed by atoms with Crippen LogP contribution in [-0.4, -0.2) is 44.1 Å². The van der Waals surface area contributed by atoms with Gasteiger partial charge in [-0.25, -0.2) is 4.79 Å². The van der Waals surface area contributed by atoms with Gasteiger partial charge in [-0.2, -0.15) is 0 Å². The molecule has 7 nitrogen and oxygen atoms in total. The molecule has 0 bridgehead atoms. The van der Waals surface area contributed by atoms with Gasteiger partial charge in [-0.15, -0.1) is 0 Å². The van der Waals surface area contributed by atoms with Crippen molar-refractivity contribution in [2.45, 2.75) is 38.3 Å². The van der Waals surface area contributed by atoms with Gasteiger partial charge in [0.1, 0.15) is 5.56 Å². The maximum Gasteiger partial charge on any atom is 0.341 e. The van der Waals surface area contributed by atoms with Gasteiger partial charge in [-0.05, 0) is 24.5 Å². The van der Waals surface area contributed by atoms with Gasteiger partial charge >= 0.3 is 5.97 Å². The molecule has 0 aliphatic carbocycles. The lowest BCUT2D eigenvalue weighted by Crippen LogP contribution is -2.50. The molecule has 3 aromatic rings. The molecule has 0 radical (unpaired) electrons. The van der Waals surface area contributed by atoms with Gasteiger partial charge in [-0.3, -0.25) is 9.59 Å². The number of pyridine rings is 1. The van der Waals surface area contributed by atoms with Crippen molar-refractivity contribution < 1.29 is 19.8 Å². The van der Waals surface area contributed by atoms with Gasteiger partial charge in [0.15, 0.2) is 11.4 Å². The summed E-state index contributed by atoms with van der Waals surface area (Å²) in [4.78, 5) is 39.4. The number of benzene rings is 2. The molecule has 2 aromatic carbocycles. The summed E-state index contributed by atoms with van der Waals surface area (Å²) in [5.74, 6) is -3.00. The molecule has 0 saturated carbocycles. The number of aromatic nitrogens is 1. The highest BCUT2D eigenvalue weighted by Crippen LogP contribution is 2.40. The highest BCUT2D eigenvalue weighted by atomic mass is 16.4. The molecule has 1 unspecified atom stereocenters. The summed E-state index contributed by atoms with van der Waals surface area (Å²) in [5, 5.41) is 20.3. The molecule has 1 aliphatic heterocycles. The Balaban J connectivity index is 2.02. The van der Waals surface area contributed by atoms with Crippen LogP contribution in [0.2, 0.25) is 0 Å². The number of amides is 1. The average Bonchev–Trinajstić information content (AvgIpc) is 2.83. The Kier molecular flexibility index (Phi) is 6.05. The average molecular weight is 447 g/mol. The molecule has 1 aliphatic rings. The Bertz CT molecular complexity index is 1200. The molecule has 33 heavy (non-hydrogen) atoms.